The van der Waals surface area contributed by atoms with Crippen LogP contribution >= 0.6 is 0 Å². The minimum absolute atomic E-state index is 0.136. The second-order valence-corrected chi connectivity index (χ2v) is 9.69. The summed E-state index contributed by atoms with van der Waals surface area (Å²) in [5, 5.41) is 3.49. The number of pyridine rings is 1. The highest BCUT2D eigenvalue weighted by molar-refractivity contribution is 5.77. The minimum atomic E-state index is -0.307. The topological polar surface area (TPSA) is 63.7 Å². The maximum absolute atomic E-state index is 15.1. The number of ketones is 1. The van der Waals surface area contributed by atoms with Crippen LogP contribution in [0.15, 0.2) is 42.6 Å². The molecule has 2 aliphatic rings. The Balaban J connectivity index is 1.34. The van der Waals surface area contributed by atoms with Crippen molar-refractivity contribution in [3.8, 4) is 16.9 Å². The molecule has 0 amide bonds. The van der Waals surface area contributed by atoms with E-state index >= 15 is 4.39 Å². The van der Waals surface area contributed by atoms with Gasteiger partial charge in [-0.15, -0.1) is 0 Å². The van der Waals surface area contributed by atoms with Crippen LogP contribution in [0.25, 0.3) is 11.1 Å². The number of nitrogens with one attached hydrogen (secondary N) is 1. The molecule has 1 fully saturated rings. The van der Waals surface area contributed by atoms with E-state index in [1.165, 1.54) is 0 Å². The first-order valence-corrected chi connectivity index (χ1v) is 12.5. The van der Waals surface area contributed by atoms with Crippen LogP contribution in [-0.2, 0) is 16.1 Å². The highest BCUT2D eigenvalue weighted by Crippen LogP contribution is 2.38. The summed E-state index contributed by atoms with van der Waals surface area (Å²) in [6.07, 6.45) is 2.28. The van der Waals surface area contributed by atoms with Gasteiger partial charge in [-0.05, 0) is 55.2 Å². The molecular weight excluding hydrogens is 457 g/mol. The molecular formula is C29H32FN3O3. The molecule has 2 aliphatic heterocycles. The van der Waals surface area contributed by atoms with Crippen LogP contribution < -0.4 is 15.0 Å². The summed E-state index contributed by atoms with van der Waals surface area (Å²) in [6.45, 7) is 9.38. The highest BCUT2D eigenvalue weighted by Gasteiger charge is 2.25. The van der Waals surface area contributed by atoms with Crippen molar-refractivity contribution in [2.24, 2.45) is 0 Å². The standard InChI is InChI=1S/C29H32FN3O3/c1-18-4-5-21(15-31-24-6-7-25-23(12-19(2)34)17-36-27(25)14-24)20(3)28(18)22-13-26(30)29(32-16-22)33-8-10-35-11-9-33/h4-7,13-14,16,23,31H,8-12,15,17H2,1-3H3. The van der Waals surface area contributed by atoms with Gasteiger partial charge in [-0.2, -0.15) is 0 Å². The first-order valence-electron chi connectivity index (χ1n) is 12.5. The number of fused-ring (bicyclic) bond motifs is 1. The van der Waals surface area contributed by atoms with E-state index in [0.717, 1.165) is 44.8 Å². The van der Waals surface area contributed by atoms with Crippen LogP contribution in [0.1, 0.15) is 41.5 Å². The lowest BCUT2D eigenvalue weighted by Gasteiger charge is -2.28. The van der Waals surface area contributed by atoms with Crippen molar-refractivity contribution in [1.82, 2.24) is 4.98 Å². The van der Waals surface area contributed by atoms with Gasteiger partial charge in [0.25, 0.3) is 0 Å². The van der Waals surface area contributed by atoms with Crippen molar-refractivity contribution in [3.63, 3.8) is 0 Å². The fraction of sp³-hybridized carbons (Fsp3) is 0.379. The molecule has 1 saturated heterocycles. The molecule has 0 spiro atoms. The van der Waals surface area contributed by atoms with Gasteiger partial charge in [0.15, 0.2) is 11.6 Å². The van der Waals surface area contributed by atoms with Crippen molar-refractivity contribution >= 4 is 17.3 Å². The van der Waals surface area contributed by atoms with Gasteiger partial charge in [0, 0.05) is 61.1 Å². The van der Waals surface area contributed by atoms with Gasteiger partial charge < -0.3 is 24.5 Å². The number of aryl methyl sites for hydroxylation is 1. The number of hydrogen-bond donors (Lipinski definition) is 1. The second kappa shape index (κ2) is 10.3. The lowest BCUT2D eigenvalue weighted by atomic mass is 9.93. The monoisotopic (exact) mass is 489 g/mol. The van der Waals surface area contributed by atoms with Gasteiger partial charge in [0.05, 0.1) is 19.8 Å². The van der Waals surface area contributed by atoms with Crippen molar-refractivity contribution in [2.75, 3.05) is 43.1 Å². The molecule has 0 saturated carbocycles. The first kappa shape index (κ1) is 24.3. The van der Waals surface area contributed by atoms with Crippen molar-refractivity contribution in [2.45, 2.75) is 39.7 Å². The van der Waals surface area contributed by atoms with E-state index in [-0.39, 0.29) is 17.5 Å². The van der Waals surface area contributed by atoms with Crippen molar-refractivity contribution < 1.29 is 18.7 Å². The van der Waals surface area contributed by atoms with Crippen LogP contribution in [0.5, 0.6) is 5.75 Å². The number of morpholine rings is 1. The normalized spacial score (nSPS) is 17.0. The fourth-order valence-corrected chi connectivity index (χ4v) is 5.20. The first-order chi connectivity index (χ1) is 17.4. The Morgan fingerprint density at radius 2 is 1.97 bits per heavy atom. The Morgan fingerprint density at radius 3 is 2.72 bits per heavy atom. The number of ether oxygens (including phenoxy) is 2. The molecule has 1 atom stereocenters. The lowest BCUT2D eigenvalue weighted by Crippen LogP contribution is -2.37. The molecule has 3 heterocycles. The average Bonchev–Trinajstić information content (AvgIpc) is 3.25. The molecule has 6 nitrogen and oxygen atoms in total. The number of rotatable bonds is 7. The van der Waals surface area contributed by atoms with Crippen LogP contribution in [0, 0.1) is 19.7 Å². The SMILES string of the molecule is CC(=O)CC1COc2cc(NCc3ccc(C)c(-c4cnc(N5CCOCC5)c(F)c4)c3C)ccc21. The molecule has 1 unspecified atom stereocenters. The molecule has 1 N–H and O–H groups in total. The third kappa shape index (κ3) is 4.93. The second-order valence-electron chi connectivity index (χ2n) is 9.69. The molecule has 2 aromatic carbocycles. The van der Waals surface area contributed by atoms with Gasteiger partial charge in [-0.1, -0.05) is 18.2 Å². The van der Waals surface area contributed by atoms with Crippen LogP contribution in [0.2, 0.25) is 0 Å². The largest absolute Gasteiger partial charge is 0.493 e. The molecule has 7 heteroatoms. The van der Waals surface area contributed by atoms with Crippen molar-refractivity contribution in [3.05, 3.63) is 70.7 Å². The minimum Gasteiger partial charge on any atom is -0.493 e. The molecule has 0 radical (unpaired) electrons. The Hall–Kier alpha value is -3.45. The van der Waals surface area contributed by atoms with Crippen LogP contribution in [0.3, 0.4) is 0 Å². The van der Waals surface area contributed by atoms with E-state index in [1.807, 2.05) is 24.0 Å². The number of aromatic nitrogens is 1. The van der Waals surface area contributed by atoms with E-state index < -0.39 is 0 Å². The number of carbonyl (C=O) groups excluding carboxylic acids is 1. The maximum atomic E-state index is 15.1. The Kier molecular flexibility index (Phi) is 6.92. The summed E-state index contributed by atoms with van der Waals surface area (Å²) < 4.78 is 26.3. The Labute approximate surface area is 211 Å². The maximum Gasteiger partial charge on any atom is 0.166 e. The summed E-state index contributed by atoms with van der Waals surface area (Å²) in [7, 11) is 0. The number of halogens is 1. The van der Waals surface area contributed by atoms with Gasteiger partial charge in [0.1, 0.15) is 11.5 Å². The Morgan fingerprint density at radius 1 is 1.17 bits per heavy atom. The summed E-state index contributed by atoms with van der Waals surface area (Å²) in [5.41, 5.74) is 7.16. The summed E-state index contributed by atoms with van der Waals surface area (Å²) >= 11 is 0. The summed E-state index contributed by atoms with van der Waals surface area (Å²) in [4.78, 5) is 18.0. The van der Waals surface area contributed by atoms with Crippen LogP contribution in [-0.4, -0.2) is 43.7 Å². The molecule has 5 rings (SSSR count). The molecule has 0 aliphatic carbocycles. The van der Waals surface area contributed by atoms with E-state index in [0.29, 0.717) is 51.7 Å². The average molecular weight is 490 g/mol. The molecule has 0 bridgehead atoms. The molecule has 3 aromatic rings. The highest BCUT2D eigenvalue weighted by atomic mass is 19.1. The zero-order valence-electron chi connectivity index (χ0n) is 21.1. The lowest BCUT2D eigenvalue weighted by molar-refractivity contribution is -0.117. The molecule has 1 aromatic heterocycles. The predicted molar refractivity (Wildman–Crippen MR) is 139 cm³/mol. The number of hydrogen-bond acceptors (Lipinski definition) is 6. The summed E-state index contributed by atoms with van der Waals surface area (Å²) in [5.74, 6) is 1.24. The fourth-order valence-electron chi connectivity index (χ4n) is 5.20. The van der Waals surface area contributed by atoms with Crippen LogP contribution in [0.4, 0.5) is 15.9 Å². The number of anilines is 2. The zero-order valence-corrected chi connectivity index (χ0v) is 21.1. The molecule has 36 heavy (non-hydrogen) atoms. The van der Waals surface area contributed by atoms with Gasteiger partial charge in [-0.3, -0.25) is 0 Å². The number of carbonyl (C=O) groups is 1. The quantitative estimate of drug-likeness (QED) is 0.479. The third-order valence-corrected chi connectivity index (χ3v) is 7.12. The predicted octanol–water partition coefficient (Wildman–Crippen LogP) is 5.41. The van der Waals surface area contributed by atoms with Gasteiger partial charge >= 0.3 is 0 Å². The number of Topliss-reactive ketones (excluding diaryl/α,β-unsaturated/α-hetero) is 1. The van der Waals surface area contributed by atoms with E-state index in [4.69, 9.17) is 9.47 Å². The van der Waals surface area contributed by atoms with E-state index in [1.54, 1.807) is 19.2 Å². The third-order valence-electron chi connectivity index (χ3n) is 7.12. The van der Waals surface area contributed by atoms with Gasteiger partial charge in [0.2, 0.25) is 0 Å². The number of nitrogens with zero attached hydrogens (tertiary/aromatic N) is 2. The molecule has 188 valence electrons. The zero-order chi connectivity index (χ0) is 25.2. The van der Waals surface area contributed by atoms with E-state index in [9.17, 15) is 4.79 Å². The van der Waals surface area contributed by atoms with E-state index in [2.05, 4.69) is 35.4 Å². The van der Waals surface area contributed by atoms with Gasteiger partial charge in [-0.25, -0.2) is 9.37 Å². The summed E-state index contributed by atoms with van der Waals surface area (Å²) in [6, 6.07) is 11.9. The Bertz CT molecular complexity index is 1290. The number of benzene rings is 2. The van der Waals surface area contributed by atoms with Crippen molar-refractivity contribution in [1.29, 1.82) is 0 Å². The smallest absolute Gasteiger partial charge is 0.166 e.